The Hall–Kier alpha value is -2.73. The van der Waals surface area contributed by atoms with Crippen molar-refractivity contribution in [3.63, 3.8) is 0 Å². The van der Waals surface area contributed by atoms with Gasteiger partial charge in [-0.05, 0) is 61.5 Å². The number of carbonyl (C=O) groups is 1. The number of nitrogens with one attached hydrogen (secondary N) is 1. The van der Waals surface area contributed by atoms with Gasteiger partial charge in [-0.2, -0.15) is 0 Å². The largest absolute Gasteiger partial charge is 0.479 e. The maximum atomic E-state index is 12.6. The van der Waals surface area contributed by atoms with Crippen LogP contribution in [0.1, 0.15) is 6.92 Å². The van der Waals surface area contributed by atoms with Crippen LogP contribution in [-0.2, 0) is 4.79 Å². The molecule has 5 nitrogen and oxygen atoms in total. The summed E-state index contributed by atoms with van der Waals surface area (Å²) in [5.74, 6) is 0.478. The van der Waals surface area contributed by atoms with Gasteiger partial charge in [-0.25, -0.2) is 4.98 Å². The molecule has 152 valence electrons. The van der Waals surface area contributed by atoms with Crippen molar-refractivity contribution in [3.05, 3.63) is 75.7 Å². The van der Waals surface area contributed by atoms with Crippen LogP contribution in [0.5, 0.6) is 5.75 Å². The molecule has 0 aliphatic heterocycles. The number of fused-ring (bicyclic) bond motifs is 1. The summed E-state index contributed by atoms with van der Waals surface area (Å²) < 4.78 is 11.4. The second kappa shape index (κ2) is 8.56. The van der Waals surface area contributed by atoms with Gasteiger partial charge < -0.3 is 14.5 Å². The molecule has 0 saturated carbocycles. The van der Waals surface area contributed by atoms with Crippen molar-refractivity contribution < 1.29 is 13.9 Å². The molecule has 0 saturated heterocycles. The van der Waals surface area contributed by atoms with Gasteiger partial charge >= 0.3 is 0 Å². The number of hydrogen-bond donors (Lipinski definition) is 1. The molecule has 1 aromatic heterocycles. The molecule has 1 N–H and O–H groups in total. The van der Waals surface area contributed by atoms with Crippen LogP contribution < -0.4 is 10.1 Å². The highest BCUT2D eigenvalue weighted by molar-refractivity contribution is 6.35. The van der Waals surface area contributed by atoms with E-state index in [9.17, 15) is 4.79 Å². The quantitative estimate of drug-likeness (QED) is 0.352. The second-order valence-corrected chi connectivity index (χ2v) is 7.82. The van der Waals surface area contributed by atoms with E-state index in [0.717, 1.165) is 5.56 Å². The summed E-state index contributed by atoms with van der Waals surface area (Å²) in [5.41, 5.74) is 2.59. The molecular weight excluding hydrogens is 447 g/mol. The number of carbonyl (C=O) groups excluding carboxylic acids is 1. The lowest BCUT2D eigenvalue weighted by Crippen LogP contribution is -2.30. The molecule has 4 aromatic rings. The molecule has 0 aliphatic carbocycles. The maximum Gasteiger partial charge on any atom is 0.265 e. The average molecular weight is 462 g/mol. The van der Waals surface area contributed by atoms with Crippen LogP contribution in [0, 0.1) is 0 Å². The average Bonchev–Trinajstić information content (AvgIpc) is 3.13. The van der Waals surface area contributed by atoms with E-state index >= 15 is 0 Å². The second-order valence-electron chi connectivity index (χ2n) is 6.54. The third-order valence-corrected chi connectivity index (χ3v) is 5.06. The zero-order valence-corrected chi connectivity index (χ0v) is 17.9. The summed E-state index contributed by atoms with van der Waals surface area (Å²) in [6, 6.07) is 17.2. The van der Waals surface area contributed by atoms with Crippen molar-refractivity contribution in [1.82, 2.24) is 4.98 Å². The summed E-state index contributed by atoms with van der Waals surface area (Å²) >= 11 is 18.0. The number of anilines is 1. The van der Waals surface area contributed by atoms with E-state index in [-0.39, 0.29) is 5.91 Å². The van der Waals surface area contributed by atoms with E-state index in [1.165, 1.54) is 0 Å². The van der Waals surface area contributed by atoms with E-state index in [1.54, 1.807) is 61.5 Å². The smallest absolute Gasteiger partial charge is 0.265 e. The van der Waals surface area contributed by atoms with E-state index in [4.69, 9.17) is 44.0 Å². The highest BCUT2D eigenvalue weighted by Gasteiger charge is 2.17. The molecule has 1 atom stereocenters. The Balaban J connectivity index is 1.49. The molecule has 8 heteroatoms. The van der Waals surface area contributed by atoms with Crippen LogP contribution in [0.2, 0.25) is 15.1 Å². The molecule has 0 bridgehead atoms. The Kier molecular flexibility index (Phi) is 5.86. The van der Waals surface area contributed by atoms with Gasteiger partial charge in [0.2, 0.25) is 5.89 Å². The van der Waals surface area contributed by atoms with Gasteiger partial charge in [0.05, 0.1) is 5.02 Å². The topological polar surface area (TPSA) is 64.4 Å². The van der Waals surface area contributed by atoms with Gasteiger partial charge in [0.15, 0.2) is 11.7 Å². The van der Waals surface area contributed by atoms with Crippen molar-refractivity contribution in [2.75, 3.05) is 5.32 Å². The zero-order chi connectivity index (χ0) is 21.3. The van der Waals surface area contributed by atoms with Crippen molar-refractivity contribution in [2.24, 2.45) is 0 Å². The number of amides is 1. The van der Waals surface area contributed by atoms with Crippen LogP contribution >= 0.6 is 34.8 Å². The van der Waals surface area contributed by atoms with E-state index in [1.807, 2.05) is 6.07 Å². The SMILES string of the molecule is CC(Oc1ccc(Cl)cc1Cl)C(=O)Nc1cccc(-c2nc3cc(Cl)ccc3o2)c1. The van der Waals surface area contributed by atoms with Crippen LogP contribution in [0.3, 0.4) is 0 Å². The standard InChI is InChI=1S/C22H15Cl3N2O3/c1-12(29-19-7-5-14(23)10-17(19)25)21(28)26-16-4-2-3-13(9-16)22-27-18-11-15(24)6-8-20(18)30-22/h2-12H,1H3,(H,26,28). The molecule has 0 spiro atoms. The number of halogens is 3. The van der Waals surface area contributed by atoms with Gasteiger partial charge in [0.1, 0.15) is 11.3 Å². The molecule has 1 heterocycles. The van der Waals surface area contributed by atoms with Gasteiger partial charge in [0, 0.05) is 21.3 Å². The third-order valence-electron chi connectivity index (χ3n) is 4.29. The number of nitrogens with zero attached hydrogens (tertiary/aromatic N) is 1. The molecule has 0 radical (unpaired) electrons. The van der Waals surface area contributed by atoms with Gasteiger partial charge in [0.25, 0.3) is 5.91 Å². The van der Waals surface area contributed by atoms with Crippen molar-refractivity contribution in [1.29, 1.82) is 0 Å². The van der Waals surface area contributed by atoms with Crippen LogP contribution in [0.25, 0.3) is 22.6 Å². The normalized spacial score (nSPS) is 12.0. The minimum Gasteiger partial charge on any atom is -0.479 e. The highest BCUT2D eigenvalue weighted by atomic mass is 35.5. The summed E-state index contributed by atoms with van der Waals surface area (Å²) in [7, 11) is 0. The fraction of sp³-hybridized carbons (Fsp3) is 0.0909. The number of hydrogen-bond acceptors (Lipinski definition) is 4. The predicted molar refractivity (Wildman–Crippen MR) is 120 cm³/mol. The van der Waals surface area contributed by atoms with Crippen molar-refractivity contribution >= 4 is 57.5 Å². The molecule has 0 aliphatic rings. The van der Waals surface area contributed by atoms with Gasteiger partial charge in [-0.1, -0.05) is 40.9 Å². The van der Waals surface area contributed by atoms with E-state index in [2.05, 4.69) is 10.3 Å². The number of aromatic nitrogens is 1. The lowest BCUT2D eigenvalue weighted by Gasteiger charge is -2.16. The first kappa shape index (κ1) is 20.5. The van der Waals surface area contributed by atoms with Gasteiger partial charge in [-0.3, -0.25) is 4.79 Å². The minimum absolute atomic E-state index is 0.331. The Morgan fingerprint density at radius 2 is 1.80 bits per heavy atom. The molecule has 30 heavy (non-hydrogen) atoms. The van der Waals surface area contributed by atoms with Crippen LogP contribution in [-0.4, -0.2) is 17.0 Å². The molecule has 3 aromatic carbocycles. The van der Waals surface area contributed by atoms with Gasteiger partial charge in [-0.15, -0.1) is 0 Å². The monoisotopic (exact) mass is 460 g/mol. The lowest BCUT2D eigenvalue weighted by molar-refractivity contribution is -0.122. The molecule has 0 fully saturated rings. The number of rotatable bonds is 5. The number of oxazole rings is 1. The molecular formula is C22H15Cl3N2O3. The first-order valence-corrected chi connectivity index (χ1v) is 10.1. The summed E-state index contributed by atoms with van der Waals surface area (Å²) in [6.45, 7) is 1.63. The molecule has 1 amide bonds. The summed E-state index contributed by atoms with van der Waals surface area (Å²) in [6.07, 6.45) is -0.779. The fourth-order valence-electron chi connectivity index (χ4n) is 2.81. The first-order valence-electron chi connectivity index (χ1n) is 8.98. The highest BCUT2D eigenvalue weighted by Crippen LogP contribution is 2.29. The third kappa shape index (κ3) is 4.54. The maximum absolute atomic E-state index is 12.6. The molecule has 1 unspecified atom stereocenters. The fourth-order valence-corrected chi connectivity index (χ4v) is 3.43. The Morgan fingerprint density at radius 3 is 2.60 bits per heavy atom. The molecule has 4 rings (SSSR count). The predicted octanol–water partition coefficient (Wildman–Crippen LogP) is 6.86. The van der Waals surface area contributed by atoms with Crippen molar-refractivity contribution in [3.8, 4) is 17.2 Å². The first-order chi connectivity index (χ1) is 14.4. The number of ether oxygens (including phenoxy) is 1. The Labute approximate surface area is 187 Å². The lowest BCUT2D eigenvalue weighted by atomic mass is 10.2. The summed E-state index contributed by atoms with van der Waals surface area (Å²) in [4.78, 5) is 17.0. The summed E-state index contributed by atoms with van der Waals surface area (Å²) in [5, 5.41) is 4.23. The van der Waals surface area contributed by atoms with E-state index in [0.29, 0.717) is 43.5 Å². The van der Waals surface area contributed by atoms with Crippen LogP contribution in [0.4, 0.5) is 5.69 Å². The number of benzene rings is 3. The van der Waals surface area contributed by atoms with E-state index < -0.39 is 6.10 Å². The van der Waals surface area contributed by atoms with Crippen LogP contribution in [0.15, 0.2) is 65.1 Å². The zero-order valence-electron chi connectivity index (χ0n) is 15.7. The van der Waals surface area contributed by atoms with Crippen molar-refractivity contribution in [2.45, 2.75) is 13.0 Å². The minimum atomic E-state index is -0.779. The Bertz CT molecular complexity index is 1240. The Morgan fingerprint density at radius 1 is 1.03 bits per heavy atom.